The van der Waals surface area contributed by atoms with Crippen molar-refractivity contribution < 1.29 is 9.26 Å². The minimum absolute atomic E-state index is 0.231. The Morgan fingerprint density at radius 2 is 2.11 bits per heavy atom. The molecule has 6 heteroatoms. The van der Waals surface area contributed by atoms with Crippen molar-refractivity contribution in [3.8, 4) is 5.75 Å². The van der Waals surface area contributed by atoms with Gasteiger partial charge < -0.3 is 9.26 Å². The second kappa shape index (κ2) is 5.20. The van der Waals surface area contributed by atoms with Crippen molar-refractivity contribution in [1.29, 1.82) is 0 Å². The van der Waals surface area contributed by atoms with Gasteiger partial charge in [-0.3, -0.25) is 4.68 Å². The third-order valence-corrected chi connectivity index (χ3v) is 2.45. The van der Waals surface area contributed by atoms with E-state index in [-0.39, 0.29) is 5.92 Å². The molecule has 2 rings (SSSR count). The zero-order valence-corrected chi connectivity index (χ0v) is 11.1. The number of hydrogen-bond donors (Lipinski definition) is 0. The molecular weight excluding hydrogens is 232 g/mol. The Labute approximate surface area is 106 Å². The highest BCUT2D eigenvalue weighted by atomic mass is 16.5. The zero-order valence-electron chi connectivity index (χ0n) is 11.1. The van der Waals surface area contributed by atoms with E-state index < -0.39 is 0 Å². The first kappa shape index (κ1) is 12.6. The van der Waals surface area contributed by atoms with Gasteiger partial charge in [0.05, 0.1) is 12.4 Å². The minimum Gasteiger partial charge on any atom is -0.482 e. The third kappa shape index (κ3) is 2.88. The topological polar surface area (TPSA) is 66.0 Å². The summed E-state index contributed by atoms with van der Waals surface area (Å²) in [5.74, 6) is 2.12. The van der Waals surface area contributed by atoms with E-state index in [1.807, 2.05) is 24.7 Å². The summed E-state index contributed by atoms with van der Waals surface area (Å²) < 4.78 is 12.5. The Hall–Kier alpha value is -1.85. The van der Waals surface area contributed by atoms with E-state index in [1.165, 1.54) is 0 Å². The summed E-state index contributed by atoms with van der Waals surface area (Å²) in [5.41, 5.74) is 0. The van der Waals surface area contributed by atoms with Gasteiger partial charge in [-0.2, -0.15) is 10.1 Å². The third-order valence-electron chi connectivity index (χ3n) is 2.45. The first-order valence-electron chi connectivity index (χ1n) is 6.05. The lowest BCUT2D eigenvalue weighted by Gasteiger charge is -2.03. The normalized spacial score (nSPS) is 11.4. The van der Waals surface area contributed by atoms with Crippen molar-refractivity contribution in [2.45, 2.75) is 46.3 Å². The molecule has 0 N–H and O–H groups in total. The molecular formula is C12H18N4O2. The monoisotopic (exact) mass is 250 g/mol. The summed E-state index contributed by atoms with van der Waals surface area (Å²) in [6.45, 7) is 8.42. The molecule has 0 saturated heterocycles. The second-order valence-electron chi connectivity index (χ2n) is 4.74. The maximum absolute atomic E-state index is 5.55. The molecule has 0 aliphatic rings. The van der Waals surface area contributed by atoms with Crippen LogP contribution >= 0.6 is 0 Å². The maximum Gasteiger partial charge on any atom is 0.229 e. The fraction of sp³-hybridized carbons (Fsp3) is 0.583. The van der Waals surface area contributed by atoms with Crippen molar-refractivity contribution in [3.05, 3.63) is 24.1 Å². The van der Waals surface area contributed by atoms with Gasteiger partial charge in [-0.1, -0.05) is 19.0 Å². The standard InChI is InChI=1S/C12H18N4O2/c1-8(2)12-14-11(15-18-12)7-17-10-5-13-16(6-10)9(3)4/h5-6,8-9H,7H2,1-4H3. The molecule has 0 aromatic carbocycles. The van der Waals surface area contributed by atoms with E-state index >= 15 is 0 Å². The van der Waals surface area contributed by atoms with E-state index in [9.17, 15) is 0 Å². The lowest BCUT2D eigenvalue weighted by Crippen LogP contribution is -2.00. The largest absolute Gasteiger partial charge is 0.482 e. The van der Waals surface area contributed by atoms with Gasteiger partial charge in [-0.15, -0.1) is 0 Å². The fourth-order valence-corrected chi connectivity index (χ4v) is 1.39. The summed E-state index contributed by atoms with van der Waals surface area (Å²) in [7, 11) is 0. The average Bonchev–Trinajstić information content (AvgIpc) is 2.95. The van der Waals surface area contributed by atoms with Crippen LogP contribution in [0, 0.1) is 0 Å². The number of ether oxygens (including phenoxy) is 1. The summed E-state index contributed by atoms with van der Waals surface area (Å²) in [6.07, 6.45) is 3.54. The van der Waals surface area contributed by atoms with Crippen LogP contribution in [0.2, 0.25) is 0 Å². The van der Waals surface area contributed by atoms with Crippen LogP contribution in [-0.4, -0.2) is 19.9 Å². The average molecular weight is 250 g/mol. The van der Waals surface area contributed by atoms with Crippen molar-refractivity contribution in [2.24, 2.45) is 0 Å². The van der Waals surface area contributed by atoms with Gasteiger partial charge in [-0.05, 0) is 13.8 Å². The first-order valence-corrected chi connectivity index (χ1v) is 6.05. The maximum atomic E-state index is 5.55. The highest BCUT2D eigenvalue weighted by Gasteiger charge is 2.10. The molecule has 2 aromatic heterocycles. The molecule has 6 nitrogen and oxygen atoms in total. The molecule has 0 atom stereocenters. The predicted molar refractivity (Wildman–Crippen MR) is 65.3 cm³/mol. The molecule has 0 radical (unpaired) electrons. The van der Waals surface area contributed by atoms with Crippen LogP contribution in [0.4, 0.5) is 0 Å². The number of aromatic nitrogens is 4. The molecule has 0 aliphatic heterocycles. The predicted octanol–water partition coefficient (Wildman–Crippen LogP) is 2.55. The van der Waals surface area contributed by atoms with Crippen LogP contribution in [0.25, 0.3) is 0 Å². The van der Waals surface area contributed by atoms with Crippen LogP contribution in [0.5, 0.6) is 5.75 Å². The molecule has 0 unspecified atom stereocenters. The van der Waals surface area contributed by atoms with E-state index in [0.29, 0.717) is 30.1 Å². The Morgan fingerprint density at radius 3 is 2.67 bits per heavy atom. The highest BCUT2D eigenvalue weighted by Crippen LogP contribution is 2.15. The zero-order chi connectivity index (χ0) is 13.1. The van der Waals surface area contributed by atoms with Crippen molar-refractivity contribution in [1.82, 2.24) is 19.9 Å². The molecule has 0 bridgehead atoms. The smallest absolute Gasteiger partial charge is 0.229 e. The van der Waals surface area contributed by atoms with Crippen molar-refractivity contribution in [2.75, 3.05) is 0 Å². The Morgan fingerprint density at radius 1 is 1.33 bits per heavy atom. The summed E-state index contributed by atoms with van der Waals surface area (Å²) in [6, 6.07) is 0.320. The van der Waals surface area contributed by atoms with Gasteiger partial charge in [0.1, 0.15) is 0 Å². The lowest BCUT2D eigenvalue weighted by molar-refractivity contribution is 0.284. The van der Waals surface area contributed by atoms with Crippen LogP contribution in [0.1, 0.15) is 51.4 Å². The summed E-state index contributed by atoms with van der Waals surface area (Å²) in [5, 5.41) is 8.04. The Kier molecular flexibility index (Phi) is 3.64. The van der Waals surface area contributed by atoms with Gasteiger partial charge in [0.2, 0.25) is 11.7 Å². The number of rotatable bonds is 5. The fourth-order valence-electron chi connectivity index (χ4n) is 1.39. The van der Waals surface area contributed by atoms with E-state index in [2.05, 4.69) is 29.1 Å². The van der Waals surface area contributed by atoms with Gasteiger partial charge >= 0.3 is 0 Å². The van der Waals surface area contributed by atoms with E-state index in [1.54, 1.807) is 6.20 Å². The van der Waals surface area contributed by atoms with Gasteiger partial charge in [0, 0.05) is 12.0 Å². The van der Waals surface area contributed by atoms with Crippen molar-refractivity contribution >= 4 is 0 Å². The van der Waals surface area contributed by atoms with Gasteiger partial charge in [0.25, 0.3) is 0 Å². The summed E-state index contributed by atoms with van der Waals surface area (Å²) in [4.78, 5) is 4.24. The van der Waals surface area contributed by atoms with Crippen LogP contribution in [0.3, 0.4) is 0 Å². The van der Waals surface area contributed by atoms with E-state index in [0.717, 1.165) is 0 Å². The molecule has 2 aromatic rings. The molecule has 18 heavy (non-hydrogen) atoms. The minimum atomic E-state index is 0.231. The van der Waals surface area contributed by atoms with E-state index in [4.69, 9.17) is 9.26 Å². The summed E-state index contributed by atoms with van der Waals surface area (Å²) >= 11 is 0. The number of nitrogens with zero attached hydrogens (tertiary/aromatic N) is 4. The molecule has 98 valence electrons. The van der Waals surface area contributed by atoms with Gasteiger partial charge in [-0.25, -0.2) is 0 Å². The first-order chi connectivity index (χ1) is 8.56. The molecule has 0 spiro atoms. The molecule has 0 saturated carbocycles. The van der Waals surface area contributed by atoms with Crippen LogP contribution < -0.4 is 4.74 Å². The highest BCUT2D eigenvalue weighted by molar-refractivity contribution is 5.12. The second-order valence-corrected chi connectivity index (χ2v) is 4.74. The van der Waals surface area contributed by atoms with Crippen LogP contribution in [0.15, 0.2) is 16.9 Å². The Bertz CT molecular complexity index is 455. The lowest BCUT2D eigenvalue weighted by atomic mass is 10.2. The molecule has 0 fully saturated rings. The Balaban J connectivity index is 1.93. The van der Waals surface area contributed by atoms with Crippen molar-refractivity contribution in [3.63, 3.8) is 0 Å². The number of hydrogen-bond acceptors (Lipinski definition) is 5. The van der Waals surface area contributed by atoms with Gasteiger partial charge in [0.15, 0.2) is 12.4 Å². The quantitative estimate of drug-likeness (QED) is 0.815. The SMILES string of the molecule is CC(C)c1nc(COc2cnn(C(C)C)c2)no1. The van der Waals surface area contributed by atoms with Crippen LogP contribution in [-0.2, 0) is 6.61 Å². The molecule has 0 amide bonds. The molecule has 0 aliphatic carbocycles. The molecule has 2 heterocycles.